The van der Waals surface area contributed by atoms with Crippen molar-refractivity contribution in [2.75, 3.05) is 18.0 Å². The van der Waals surface area contributed by atoms with Crippen LogP contribution in [-0.2, 0) is 6.54 Å². The summed E-state index contributed by atoms with van der Waals surface area (Å²) < 4.78 is 0. The van der Waals surface area contributed by atoms with Gasteiger partial charge in [0.05, 0.1) is 0 Å². The van der Waals surface area contributed by atoms with E-state index in [2.05, 4.69) is 55.9 Å². The molecule has 1 aromatic heterocycles. The summed E-state index contributed by atoms with van der Waals surface area (Å²) in [5, 5.41) is 3.39. The fraction of sp³-hybridized carbons (Fsp3) is 0.667. The molecule has 0 aromatic carbocycles. The Balaban J connectivity index is 3.04. The zero-order chi connectivity index (χ0) is 13.5. The van der Waals surface area contributed by atoms with Gasteiger partial charge in [0.1, 0.15) is 0 Å². The van der Waals surface area contributed by atoms with Crippen molar-refractivity contribution in [2.24, 2.45) is 0 Å². The first-order valence-corrected chi connectivity index (χ1v) is 7.03. The molecule has 0 amide bonds. The summed E-state index contributed by atoms with van der Waals surface area (Å²) in [4.78, 5) is 6.90. The van der Waals surface area contributed by atoms with Crippen LogP contribution < -0.4 is 10.2 Å². The highest BCUT2D eigenvalue weighted by Gasteiger charge is 2.14. The molecule has 0 aliphatic heterocycles. The van der Waals surface area contributed by atoms with Crippen LogP contribution in [0.1, 0.15) is 45.4 Å². The first-order chi connectivity index (χ1) is 8.60. The summed E-state index contributed by atoms with van der Waals surface area (Å²) in [6.07, 6.45) is 3.18. The largest absolute Gasteiger partial charge is 0.369 e. The molecule has 0 atom stereocenters. The standard InChI is InChI=1S/C15H27N3/c1-6-8-18(12(3)4)15-9-13(5)17-11-14(15)10-16-7-2/h9,11-12,16H,6-8,10H2,1-5H3. The first-order valence-electron chi connectivity index (χ1n) is 7.03. The number of hydrogen-bond acceptors (Lipinski definition) is 3. The molecule has 3 nitrogen and oxygen atoms in total. The van der Waals surface area contributed by atoms with Crippen LogP contribution in [0.3, 0.4) is 0 Å². The van der Waals surface area contributed by atoms with Crippen molar-refractivity contribution in [3.8, 4) is 0 Å². The molecule has 3 heteroatoms. The molecule has 1 heterocycles. The SMILES string of the molecule is CCCN(c1cc(C)ncc1CNCC)C(C)C. The van der Waals surface area contributed by atoms with E-state index < -0.39 is 0 Å². The van der Waals surface area contributed by atoms with Gasteiger partial charge in [0, 0.05) is 42.3 Å². The van der Waals surface area contributed by atoms with Gasteiger partial charge in [-0.25, -0.2) is 0 Å². The molecule has 0 aliphatic rings. The van der Waals surface area contributed by atoms with E-state index in [0.29, 0.717) is 6.04 Å². The van der Waals surface area contributed by atoms with Gasteiger partial charge < -0.3 is 10.2 Å². The second-order valence-corrected chi connectivity index (χ2v) is 5.02. The summed E-state index contributed by atoms with van der Waals surface area (Å²) in [6, 6.07) is 2.73. The lowest BCUT2D eigenvalue weighted by Gasteiger charge is -2.31. The number of aryl methyl sites for hydroxylation is 1. The minimum absolute atomic E-state index is 0.520. The quantitative estimate of drug-likeness (QED) is 0.804. The number of nitrogens with zero attached hydrogens (tertiary/aromatic N) is 2. The number of hydrogen-bond donors (Lipinski definition) is 1. The molecule has 0 saturated heterocycles. The number of nitrogens with one attached hydrogen (secondary N) is 1. The predicted molar refractivity (Wildman–Crippen MR) is 79.1 cm³/mol. The van der Waals surface area contributed by atoms with Gasteiger partial charge in [0.25, 0.3) is 0 Å². The minimum Gasteiger partial charge on any atom is -0.369 e. The summed E-state index contributed by atoms with van der Waals surface area (Å²) >= 11 is 0. The molecule has 0 saturated carbocycles. The van der Waals surface area contributed by atoms with Crippen LogP contribution in [0.15, 0.2) is 12.3 Å². The zero-order valence-electron chi connectivity index (χ0n) is 12.5. The predicted octanol–water partition coefficient (Wildman–Crippen LogP) is 3.12. The molecular weight excluding hydrogens is 222 g/mol. The van der Waals surface area contributed by atoms with Crippen molar-refractivity contribution in [1.29, 1.82) is 0 Å². The molecule has 102 valence electrons. The van der Waals surface area contributed by atoms with Crippen molar-refractivity contribution in [3.63, 3.8) is 0 Å². The Morgan fingerprint density at radius 2 is 2.06 bits per heavy atom. The molecule has 1 rings (SSSR count). The third-order valence-corrected chi connectivity index (χ3v) is 3.06. The van der Waals surface area contributed by atoms with Crippen molar-refractivity contribution >= 4 is 5.69 Å². The third-order valence-electron chi connectivity index (χ3n) is 3.06. The van der Waals surface area contributed by atoms with Crippen molar-refractivity contribution < 1.29 is 0 Å². The van der Waals surface area contributed by atoms with Crippen LogP contribution in [0.25, 0.3) is 0 Å². The first kappa shape index (κ1) is 15.0. The minimum atomic E-state index is 0.520. The third kappa shape index (κ3) is 3.98. The van der Waals surface area contributed by atoms with E-state index in [4.69, 9.17) is 0 Å². The highest BCUT2D eigenvalue weighted by Crippen LogP contribution is 2.23. The lowest BCUT2D eigenvalue weighted by Crippen LogP contribution is -2.33. The van der Waals surface area contributed by atoms with Gasteiger partial charge in [-0.05, 0) is 39.8 Å². The van der Waals surface area contributed by atoms with Gasteiger partial charge in [0.15, 0.2) is 0 Å². The van der Waals surface area contributed by atoms with Crippen molar-refractivity contribution in [2.45, 2.75) is 53.6 Å². The van der Waals surface area contributed by atoms with E-state index in [9.17, 15) is 0 Å². The molecule has 18 heavy (non-hydrogen) atoms. The Labute approximate surface area is 112 Å². The van der Waals surface area contributed by atoms with Crippen LogP contribution in [0.4, 0.5) is 5.69 Å². The molecular formula is C15H27N3. The second-order valence-electron chi connectivity index (χ2n) is 5.02. The van der Waals surface area contributed by atoms with E-state index in [1.165, 1.54) is 17.7 Å². The molecule has 0 spiro atoms. The van der Waals surface area contributed by atoms with Crippen molar-refractivity contribution in [3.05, 3.63) is 23.5 Å². The van der Waals surface area contributed by atoms with E-state index in [0.717, 1.165) is 25.3 Å². The number of anilines is 1. The summed E-state index contributed by atoms with van der Waals surface area (Å²) in [5.41, 5.74) is 3.72. The Morgan fingerprint density at radius 3 is 2.61 bits per heavy atom. The van der Waals surface area contributed by atoms with E-state index >= 15 is 0 Å². The van der Waals surface area contributed by atoms with Crippen LogP contribution in [0, 0.1) is 6.92 Å². The lowest BCUT2D eigenvalue weighted by atomic mass is 10.1. The Bertz CT molecular complexity index is 361. The lowest BCUT2D eigenvalue weighted by molar-refractivity contribution is 0.657. The average molecular weight is 249 g/mol. The Hall–Kier alpha value is -1.09. The van der Waals surface area contributed by atoms with Gasteiger partial charge in [-0.2, -0.15) is 0 Å². The second kappa shape index (κ2) is 7.37. The topological polar surface area (TPSA) is 28.2 Å². The molecule has 0 fully saturated rings. The number of aromatic nitrogens is 1. The summed E-state index contributed by atoms with van der Waals surface area (Å²) in [7, 11) is 0. The van der Waals surface area contributed by atoms with Gasteiger partial charge in [-0.15, -0.1) is 0 Å². The average Bonchev–Trinajstić information content (AvgIpc) is 2.34. The molecule has 1 N–H and O–H groups in total. The van der Waals surface area contributed by atoms with Gasteiger partial charge in [0.2, 0.25) is 0 Å². The molecule has 0 aliphatic carbocycles. The van der Waals surface area contributed by atoms with Crippen LogP contribution in [0.2, 0.25) is 0 Å². The van der Waals surface area contributed by atoms with Crippen LogP contribution in [0.5, 0.6) is 0 Å². The smallest absolute Gasteiger partial charge is 0.0447 e. The Morgan fingerprint density at radius 1 is 1.33 bits per heavy atom. The molecule has 0 radical (unpaired) electrons. The van der Waals surface area contributed by atoms with Crippen LogP contribution in [-0.4, -0.2) is 24.1 Å². The maximum atomic E-state index is 4.43. The van der Waals surface area contributed by atoms with Gasteiger partial charge in [-0.1, -0.05) is 13.8 Å². The number of pyridine rings is 1. The van der Waals surface area contributed by atoms with E-state index in [-0.39, 0.29) is 0 Å². The van der Waals surface area contributed by atoms with Gasteiger partial charge in [-0.3, -0.25) is 4.98 Å². The fourth-order valence-corrected chi connectivity index (χ4v) is 2.13. The van der Waals surface area contributed by atoms with E-state index in [1.54, 1.807) is 0 Å². The van der Waals surface area contributed by atoms with Crippen molar-refractivity contribution in [1.82, 2.24) is 10.3 Å². The highest BCUT2D eigenvalue weighted by atomic mass is 15.2. The summed E-state index contributed by atoms with van der Waals surface area (Å²) in [6.45, 7) is 13.9. The summed E-state index contributed by atoms with van der Waals surface area (Å²) in [5.74, 6) is 0. The molecule has 0 unspecified atom stereocenters. The van der Waals surface area contributed by atoms with E-state index in [1.807, 2.05) is 6.20 Å². The fourth-order valence-electron chi connectivity index (χ4n) is 2.13. The van der Waals surface area contributed by atoms with Crippen LogP contribution >= 0.6 is 0 Å². The zero-order valence-corrected chi connectivity index (χ0v) is 12.5. The Kier molecular flexibility index (Phi) is 6.13. The maximum Gasteiger partial charge on any atom is 0.0447 e. The number of rotatable bonds is 7. The molecule has 0 bridgehead atoms. The normalized spacial score (nSPS) is 11.0. The highest BCUT2D eigenvalue weighted by molar-refractivity contribution is 5.54. The monoisotopic (exact) mass is 249 g/mol. The molecule has 1 aromatic rings. The van der Waals surface area contributed by atoms with Gasteiger partial charge >= 0.3 is 0 Å². The maximum absolute atomic E-state index is 4.43.